The molecule has 0 N–H and O–H groups in total. The molecule has 2 aromatic carbocycles. The van der Waals surface area contributed by atoms with Gasteiger partial charge in [0.05, 0.1) is 7.11 Å². The van der Waals surface area contributed by atoms with Crippen molar-refractivity contribution in [2.45, 2.75) is 48.8 Å². The molecule has 5 aliphatic rings. The molecular weight excluding hydrogens is 350 g/mol. The number of fused-ring (bicyclic) bond motifs is 4. The number of methoxy groups -OCH3 is 1. The molecule has 144 valence electrons. The second kappa shape index (κ2) is 5.04. The van der Waals surface area contributed by atoms with Gasteiger partial charge in [-0.15, -0.1) is 0 Å². The Kier molecular flexibility index (Phi) is 2.82. The molecule has 3 aliphatic heterocycles. The van der Waals surface area contributed by atoms with Gasteiger partial charge in [-0.25, -0.2) is 0 Å². The summed E-state index contributed by atoms with van der Waals surface area (Å²) in [5.41, 5.74) is 4.35. The molecule has 1 spiro atoms. The van der Waals surface area contributed by atoms with Crippen molar-refractivity contribution >= 4 is 0 Å². The highest BCUT2D eigenvalue weighted by molar-refractivity contribution is 5.62. The first kappa shape index (κ1) is 15.7. The average molecular weight is 375 g/mol. The number of hydrogen-bond acceptors (Lipinski definition) is 4. The van der Waals surface area contributed by atoms with Gasteiger partial charge in [0.1, 0.15) is 18.0 Å². The van der Waals surface area contributed by atoms with Crippen molar-refractivity contribution in [3.8, 4) is 17.2 Å². The molecular formula is C24H25NO3. The zero-order valence-corrected chi connectivity index (χ0v) is 16.4. The molecule has 3 heterocycles. The maximum absolute atomic E-state index is 6.81. The third kappa shape index (κ3) is 1.60. The van der Waals surface area contributed by atoms with Crippen LogP contribution in [0.4, 0.5) is 0 Å². The predicted molar refractivity (Wildman–Crippen MR) is 106 cm³/mol. The van der Waals surface area contributed by atoms with E-state index in [1.807, 2.05) is 0 Å². The Morgan fingerprint density at radius 1 is 1.14 bits per heavy atom. The SMILES string of the molecule is COc1ccc2c3c1O[C@H]1[C@@H]4Oc5ccccc5[C@@H]4C[C@H]4[C@@H](C2)N(C)CC[C@@]341. The standard InChI is InChI=1S/C24H25NO3/c1-25-10-9-24-16-12-15-14-5-3-4-6-18(14)27-21(15)23(24)28-22-19(26-2)8-7-13(20(22)24)11-17(16)25/h3-8,15-17,21,23H,9-12H2,1-2H3/t15-,16-,17+,21+,23-,24-/m0/s1. The lowest BCUT2D eigenvalue weighted by molar-refractivity contribution is -0.0924. The molecule has 2 aromatic rings. The largest absolute Gasteiger partial charge is 0.493 e. The number of piperidine rings is 1. The molecule has 4 nitrogen and oxygen atoms in total. The van der Waals surface area contributed by atoms with Crippen LogP contribution in [-0.4, -0.2) is 43.9 Å². The van der Waals surface area contributed by atoms with E-state index in [9.17, 15) is 0 Å². The Bertz CT molecular complexity index is 1000. The third-order valence-corrected chi connectivity index (χ3v) is 8.43. The zero-order chi connectivity index (χ0) is 18.6. The first-order valence-corrected chi connectivity index (χ1v) is 10.5. The molecule has 0 radical (unpaired) electrons. The van der Waals surface area contributed by atoms with E-state index in [1.54, 1.807) is 7.11 Å². The molecule has 0 unspecified atom stereocenters. The monoisotopic (exact) mass is 375 g/mol. The molecule has 0 aromatic heterocycles. The van der Waals surface area contributed by atoms with Gasteiger partial charge in [0.2, 0.25) is 0 Å². The van der Waals surface area contributed by atoms with Crippen molar-refractivity contribution in [3.63, 3.8) is 0 Å². The van der Waals surface area contributed by atoms with E-state index < -0.39 is 0 Å². The van der Waals surface area contributed by atoms with Gasteiger partial charge in [0.15, 0.2) is 11.5 Å². The van der Waals surface area contributed by atoms with Crippen molar-refractivity contribution in [1.82, 2.24) is 4.90 Å². The number of para-hydroxylation sites is 1. The molecule has 1 saturated heterocycles. The van der Waals surface area contributed by atoms with Gasteiger partial charge in [-0.05, 0) is 56.5 Å². The minimum absolute atomic E-state index is 0.0673. The Balaban J connectivity index is 1.47. The van der Waals surface area contributed by atoms with Crippen LogP contribution in [0.5, 0.6) is 17.2 Å². The molecule has 2 aliphatic carbocycles. The Labute approximate surface area is 165 Å². The summed E-state index contributed by atoms with van der Waals surface area (Å²) in [6.07, 6.45) is 3.62. The highest BCUT2D eigenvalue weighted by Gasteiger charge is 2.69. The summed E-state index contributed by atoms with van der Waals surface area (Å²) in [5, 5.41) is 0. The van der Waals surface area contributed by atoms with Crippen LogP contribution >= 0.6 is 0 Å². The minimum Gasteiger partial charge on any atom is -0.493 e. The first-order chi connectivity index (χ1) is 13.7. The number of benzene rings is 2. The van der Waals surface area contributed by atoms with Crippen LogP contribution in [0.1, 0.15) is 35.4 Å². The van der Waals surface area contributed by atoms with Crippen molar-refractivity contribution in [2.75, 3.05) is 20.7 Å². The van der Waals surface area contributed by atoms with Crippen molar-refractivity contribution < 1.29 is 14.2 Å². The average Bonchev–Trinajstić information content (AvgIpc) is 3.25. The fraction of sp³-hybridized carbons (Fsp3) is 0.500. The van der Waals surface area contributed by atoms with Gasteiger partial charge in [-0.3, -0.25) is 0 Å². The normalized spacial score (nSPS) is 38.7. The lowest BCUT2D eigenvalue weighted by Crippen LogP contribution is -2.67. The minimum atomic E-state index is 0.0673. The van der Waals surface area contributed by atoms with Gasteiger partial charge < -0.3 is 19.1 Å². The van der Waals surface area contributed by atoms with E-state index in [4.69, 9.17) is 14.2 Å². The number of rotatable bonds is 1. The smallest absolute Gasteiger partial charge is 0.166 e. The third-order valence-electron chi connectivity index (χ3n) is 8.43. The quantitative estimate of drug-likeness (QED) is 0.763. The lowest BCUT2D eigenvalue weighted by atomic mass is 9.49. The number of nitrogens with zero attached hydrogens (tertiary/aromatic N) is 1. The summed E-state index contributed by atoms with van der Waals surface area (Å²) in [6.45, 7) is 1.13. The summed E-state index contributed by atoms with van der Waals surface area (Å²) in [6, 6.07) is 13.6. The maximum atomic E-state index is 6.81. The van der Waals surface area contributed by atoms with Gasteiger partial charge in [0.25, 0.3) is 0 Å². The van der Waals surface area contributed by atoms with Crippen molar-refractivity contribution in [1.29, 1.82) is 0 Å². The number of likely N-dealkylation sites (tertiary alicyclic amines) is 1. The van der Waals surface area contributed by atoms with Crippen molar-refractivity contribution in [2.24, 2.45) is 5.92 Å². The molecule has 2 bridgehead atoms. The molecule has 1 saturated carbocycles. The maximum Gasteiger partial charge on any atom is 0.166 e. The molecule has 6 atom stereocenters. The number of likely N-dealkylation sites (N-methyl/N-ethyl adjacent to an activating group) is 1. The van der Waals surface area contributed by atoms with E-state index in [0.717, 1.165) is 36.6 Å². The Hall–Kier alpha value is -2.20. The topological polar surface area (TPSA) is 30.9 Å². The van der Waals surface area contributed by atoms with Crippen LogP contribution in [0.2, 0.25) is 0 Å². The fourth-order valence-electron chi connectivity index (χ4n) is 7.32. The van der Waals surface area contributed by atoms with Crippen LogP contribution in [0, 0.1) is 5.92 Å². The second-order valence-corrected chi connectivity index (χ2v) is 9.28. The van der Waals surface area contributed by atoms with E-state index in [0.29, 0.717) is 17.9 Å². The number of hydrogen-bond donors (Lipinski definition) is 0. The molecule has 0 amide bonds. The Morgan fingerprint density at radius 3 is 2.93 bits per heavy atom. The lowest BCUT2D eigenvalue weighted by Gasteiger charge is -2.59. The summed E-state index contributed by atoms with van der Waals surface area (Å²) in [7, 11) is 4.06. The summed E-state index contributed by atoms with van der Waals surface area (Å²) < 4.78 is 19.1. The Morgan fingerprint density at radius 2 is 2.04 bits per heavy atom. The second-order valence-electron chi connectivity index (χ2n) is 9.28. The summed E-state index contributed by atoms with van der Waals surface area (Å²) >= 11 is 0. The predicted octanol–water partition coefficient (Wildman–Crippen LogP) is 3.52. The van der Waals surface area contributed by atoms with Crippen LogP contribution in [-0.2, 0) is 11.8 Å². The van der Waals surface area contributed by atoms with Gasteiger partial charge in [-0.1, -0.05) is 24.3 Å². The van der Waals surface area contributed by atoms with Crippen LogP contribution in [0.15, 0.2) is 36.4 Å². The van der Waals surface area contributed by atoms with Gasteiger partial charge >= 0.3 is 0 Å². The van der Waals surface area contributed by atoms with E-state index in [1.165, 1.54) is 23.1 Å². The van der Waals surface area contributed by atoms with E-state index in [2.05, 4.69) is 48.3 Å². The van der Waals surface area contributed by atoms with Crippen molar-refractivity contribution in [3.05, 3.63) is 53.1 Å². The fourth-order valence-corrected chi connectivity index (χ4v) is 7.32. The molecule has 28 heavy (non-hydrogen) atoms. The molecule has 7 rings (SSSR count). The molecule has 2 fully saturated rings. The van der Waals surface area contributed by atoms with Crippen LogP contribution in [0.25, 0.3) is 0 Å². The van der Waals surface area contributed by atoms with Crippen LogP contribution in [0.3, 0.4) is 0 Å². The first-order valence-electron chi connectivity index (χ1n) is 10.5. The molecule has 4 heteroatoms. The van der Waals surface area contributed by atoms with Gasteiger partial charge in [-0.2, -0.15) is 0 Å². The van der Waals surface area contributed by atoms with E-state index in [-0.39, 0.29) is 17.6 Å². The summed E-state index contributed by atoms with van der Waals surface area (Å²) in [4.78, 5) is 2.60. The van der Waals surface area contributed by atoms with Gasteiger partial charge in [0, 0.05) is 28.5 Å². The zero-order valence-electron chi connectivity index (χ0n) is 16.4. The number of ether oxygens (including phenoxy) is 3. The highest BCUT2D eigenvalue weighted by Crippen LogP contribution is 2.67. The summed E-state index contributed by atoms with van der Waals surface area (Å²) in [5.74, 6) is 3.97. The van der Waals surface area contributed by atoms with E-state index >= 15 is 0 Å². The van der Waals surface area contributed by atoms with Crippen LogP contribution < -0.4 is 14.2 Å². The highest BCUT2D eigenvalue weighted by atomic mass is 16.6.